The van der Waals surface area contributed by atoms with Gasteiger partial charge in [-0.25, -0.2) is 5.43 Å². The van der Waals surface area contributed by atoms with E-state index in [4.69, 9.17) is 0 Å². The molecule has 106 valence electrons. The molecule has 1 amide bonds. The fraction of sp³-hybridized carbons (Fsp3) is 0.467. The second-order valence-corrected chi connectivity index (χ2v) is 5.62. The number of hydrogen-bond acceptors (Lipinski definition) is 4. The van der Waals surface area contributed by atoms with Gasteiger partial charge in [0.1, 0.15) is 11.5 Å². The minimum atomic E-state index is -0.0666. The summed E-state index contributed by atoms with van der Waals surface area (Å²) in [7, 11) is 0. The second-order valence-electron chi connectivity index (χ2n) is 5.62. The molecule has 0 saturated heterocycles. The van der Waals surface area contributed by atoms with Crippen LogP contribution in [0.5, 0.6) is 11.5 Å². The third-order valence-electron chi connectivity index (χ3n) is 4.35. The summed E-state index contributed by atoms with van der Waals surface area (Å²) in [6.07, 6.45) is 6.17. The molecule has 2 unspecified atom stereocenters. The highest BCUT2D eigenvalue weighted by atomic mass is 16.3. The first-order chi connectivity index (χ1) is 9.66. The quantitative estimate of drug-likeness (QED) is 0.582. The Balaban J connectivity index is 1.56. The van der Waals surface area contributed by atoms with Gasteiger partial charge in [-0.1, -0.05) is 12.8 Å². The number of hydrogen-bond donors (Lipinski definition) is 3. The molecule has 0 spiro atoms. The van der Waals surface area contributed by atoms with E-state index in [0.717, 1.165) is 12.8 Å². The number of nitrogens with zero attached hydrogens (tertiary/aromatic N) is 1. The lowest BCUT2D eigenvalue weighted by Crippen LogP contribution is -2.20. The molecule has 3 N–H and O–H groups in total. The summed E-state index contributed by atoms with van der Waals surface area (Å²) < 4.78 is 0. The minimum absolute atomic E-state index is 0.00857. The smallest absolute Gasteiger partial charge is 0.243 e. The molecule has 2 aliphatic carbocycles. The third kappa shape index (κ3) is 2.48. The number of carbonyl (C=O) groups excluding carboxylic acids is 1. The van der Waals surface area contributed by atoms with Crippen LogP contribution < -0.4 is 5.43 Å². The lowest BCUT2D eigenvalue weighted by molar-refractivity contribution is -0.122. The molecular formula is C15H18N2O3. The Morgan fingerprint density at radius 3 is 2.60 bits per heavy atom. The fourth-order valence-corrected chi connectivity index (χ4v) is 3.26. The maximum atomic E-state index is 12.0. The molecule has 1 aromatic carbocycles. The van der Waals surface area contributed by atoms with Gasteiger partial charge in [0.05, 0.1) is 6.21 Å². The standard InChI is InChI=1S/C15H18N2O3/c18-10-6-5-9(13(19)7-10)8-16-17-15(20)14-11-3-1-2-4-12(11)14/h5-8,11-12,14,18-19H,1-4H2,(H,17,20)/b16-8+. The molecule has 0 heterocycles. The Kier molecular flexibility index (Phi) is 3.34. The van der Waals surface area contributed by atoms with Crippen LogP contribution in [-0.2, 0) is 4.79 Å². The minimum Gasteiger partial charge on any atom is -0.508 e. The lowest BCUT2D eigenvalue weighted by atomic mass is 10.0. The number of benzene rings is 1. The first-order valence-electron chi connectivity index (χ1n) is 7.02. The van der Waals surface area contributed by atoms with Gasteiger partial charge in [-0.3, -0.25) is 4.79 Å². The molecule has 5 heteroatoms. The molecule has 2 fully saturated rings. The zero-order valence-corrected chi connectivity index (χ0v) is 11.1. The van der Waals surface area contributed by atoms with Crippen molar-refractivity contribution in [3.63, 3.8) is 0 Å². The van der Waals surface area contributed by atoms with Crippen molar-refractivity contribution >= 4 is 12.1 Å². The molecule has 0 radical (unpaired) electrons. The molecule has 2 atom stereocenters. The van der Waals surface area contributed by atoms with Gasteiger partial charge in [-0.2, -0.15) is 5.10 Å². The van der Waals surface area contributed by atoms with Crippen molar-refractivity contribution in [3.05, 3.63) is 23.8 Å². The zero-order valence-electron chi connectivity index (χ0n) is 11.1. The molecular weight excluding hydrogens is 256 g/mol. The third-order valence-corrected chi connectivity index (χ3v) is 4.35. The number of rotatable bonds is 3. The monoisotopic (exact) mass is 274 g/mol. The van der Waals surface area contributed by atoms with Gasteiger partial charge >= 0.3 is 0 Å². The van der Waals surface area contributed by atoms with Crippen LogP contribution in [0.25, 0.3) is 0 Å². The number of nitrogens with one attached hydrogen (secondary N) is 1. The summed E-state index contributed by atoms with van der Waals surface area (Å²) in [5.41, 5.74) is 3.00. The number of aromatic hydroxyl groups is 2. The van der Waals surface area contributed by atoms with Crippen molar-refractivity contribution in [1.82, 2.24) is 5.43 Å². The predicted octanol–water partition coefficient (Wildman–Crippen LogP) is 1.98. The summed E-state index contributed by atoms with van der Waals surface area (Å²) in [4.78, 5) is 12.0. The summed E-state index contributed by atoms with van der Waals surface area (Å²) >= 11 is 0. The van der Waals surface area contributed by atoms with Gasteiger partial charge in [0.2, 0.25) is 5.91 Å². The Hall–Kier alpha value is -2.04. The number of fused-ring (bicyclic) bond motifs is 1. The van der Waals surface area contributed by atoms with Crippen LogP contribution in [0.4, 0.5) is 0 Å². The normalized spacial score (nSPS) is 28.1. The number of carbonyl (C=O) groups is 1. The fourth-order valence-electron chi connectivity index (χ4n) is 3.26. The maximum absolute atomic E-state index is 12.0. The van der Waals surface area contributed by atoms with Crippen molar-refractivity contribution < 1.29 is 15.0 Å². The SMILES string of the molecule is O=C(N/N=C/c1ccc(O)cc1O)C1C2CCCCC21. The van der Waals surface area contributed by atoms with Crippen LogP contribution in [0.3, 0.4) is 0 Å². The zero-order chi connectivity index (χ0) is 14.1. The largest absolute Gasteiger partial charge is 0.508 e. The van der Waals surface area contributed by atoms with Crippen molar-refractivity contribution in [2.45, 2.75) is 25.7 Å². The van der Waals surface area contributed by atoms with Gasteiger partial charge < -0.3 is 10.2 Å². The first kappa shape index (κ1) is 13.0. The van der Waals surface area contributed by atoms with Gasteiger partial charge in [0, 0.05) is 17.5 Å². The van der Waals surface area contributed by atoms with E-state index in [1.807, 2.05) is 0 Å². The highest BCUT2D eigenvalue weighted by molar-refractivity contribution is 5.87. The molecule has 5 nitrogen and oxygen atoms in total. The molecule has 0 bridgehead atoms. The van der Waals surface area contributed by atoms with Crippen molar-refractivity contribution in [3.8, 4) is 11.5 Å². The lowest BCUT2D eigenvalue weighted by Gasteiger charge is -2.04. The van der Waals surface area contributed by atoms with Crippen LogP contribution in [0.1, 0.15) is 31.2 Å². The average Bonchev–Trinajstić information content (AvgIpc) is 3.15. The van der Waals surface area contributed by atoms with Crippen LogP contribution >= 0.6 is 0 Å². The van der Waals surface area contributed by atoms with E-state index in [1.54, 1.807) is 0 Å². The highest BCUT2D eigenvalue weighted by Gasteiger charge is 2.54. The summed E-state index contributed by atoms with van der Waals surface area (Å²) in [6, 6.07) is 4.23. The number of phenolic OH excluding ortho intramolecular Hbond substituents is 2. The van der Waals surface area contributed by atoms with Gasteiger partial charge in [-0.15, -0.1) is 0 Å². The van der Waals surface area contributed by atoms with E-state index in [1.165, 1.54) is 37.3 Å². The van der Waals surface area contributed by atoms with Gasteiger partial charge in [-0.05, 0) is 36.8 Å². The molecule has 1 aromatic rings. The molecule has 3 rings (SSSR count). The number of phenols is 2. The number of hydrazone groups is 1. The van der Waals surface area contributed by atoms with E-state index < -0.39 is 0 Å². The van der Waals surface area contributed by atoms with E-state index in [0.29, 0.717) is 17.4 Å². The Morgan fingerprint density at radius 1 is 1.25 bits per heavy atom. The van der Waals surface area contributed by atoms with Crippen LogP contribution in [0.15, 0.2) is 23.3 Å². The average molecular weight is 274 g/mol. The first-order valence-corrected chi connectivity index (χ1v) is 7.02. The molecule has 20 heavy (non-hydrogen) atoms. The van der Waals surface area contributed by atoms with E-state index >= 15 is 0 Å². The van der Waals surface area contributed by atoms with Crippen molar-refractivity contribution in [2.24, 2.45) is 22.9 Å². The van der Waals surface area contributed by atoms with E-state index in [9.17, 15) is 15.0 Å². The van der Waals surface area contributed by atoms with Gasteiger partial charge in [0.25, 0.3) is 0 Å². The van der Waals surface area contributed by atoms with E-state index in [2.05, 4.69) is 10.5 Å². The second kappa shape index (κ2) is 5.15. The van der Waals surface area contributed by atoms with E-state index in [-0.39, 0.29) is 23.3 Å². The summed E-state index contributed by atoms with van der Waals surface area (Å²) in [5, 5.41) is 22.6. The molecule has 2 aliphatic rings. The van der Waals surface area contributed by atoms with Crippen LogP contribution in [0.2, 0.25) is 0 Å². The number of amides is 1. The van der Waals surface area contributed by atoms with Crippen molar-refractivity contribution in [1.29, 1.82) is 0 Å². The molecule has 0 aromatic heterocycles. The van der Waals surface area contributed by atoms with Gasteiger partial charge in [0.15, 0.2) is 0 Å². The maximum Gasteiger partial charge on any atom is 0.243 e. The predicted molar refractivity (Wildman–Crippen MR) is 74.4 cm³/mol. The van der Waals surface area contributed by atoms with Crippen LogP contribution in [0, 0.1) is 17.8 Å². The summed E-state index contributed by atoms with van der Waals surface area (Å²) in [5.74, 6) is 1.15. The van der Waals surface area contributed by atoms with Crippen LogP contribution in [-0.4, -0.2) is 22.3 Å². The topological polar surface area (TPSA) is 81.9 Å². The molecule has 0 aliphatic heterocycles. The Bertz CT molecular complexity index is 544. The Morgan fingerprint density at radius 2 is 1.95 bits per heavy atom. The summed E-state index contributed by atoms with van der Waals surface area (Å²) in [6.45, 7) is 0. The molecule has 2 saturated carbocycles. The van der Waals surface area contributed by atoms with Crippen molar-refractivity contribution in [2.75, 3.05) is 0 Å². The Labute approximate surface area is 117 Å². The highest BCUT2D eigenvalue weighted by Crippen LogP contribution is 2.55.